The van der Waals surface area contributed by atoms with Crippen LogP contribution < -0.4 is 10.2 Å². The van der Waals surface area contributed by atoms with Gasteiger partial charge in [0, 0.05) is 10.7 Å². The molecule has 2 atom stereocenters. The first-order chi connectivity index (χ1) is 10.1. The van der Waals surface area contributed by atoms with Crippen molar-refractivity contribution >= 4 is 34.5 Å². The van der Waals surface area contributed by atoms with Crippen molar-refractivity contribution < 1.29 is 9.69 Å². The predicted molar refractivity (Wildman–Crippen MR) is 89.1 cm³/mol. The lowest BCUT2D eigenvalue weighted by Crippen LogP contribution is -3.15. The molecule has 3 nitrogen and oxygen atoms in total. The Hall–Kier alpha value is -1.36. The van der Waals surface area contributed by atoms with Crippen LogP contribution in [0, 0.1) is 0 Å². The monoisotopic (exact) mass is 323 g/mol. The first kappa shape index (κ1) is 16.0. The van der Waals surface area contributed by atoms with Crippen LogP contribution in [0.3, 0.4) is 0 Å². The van der Waals surface area contributed by atoms with Crippen molar-refractivity contribution in [1.82, 2.24) is 0 Å². The second kappa shape index (κ2) is 7.59. The van der Waals surface area contributed by atoms with Crippen LogP contribution in [0.1, 0.15) is 18.7 Å². The van der Waals surface area contributed by atoms with Crippen LogP contribution in [-0.4, -0.2) is 18.5 Å². The number of carbonyl (C=O) groups is 1. The fourth-order valence-electron chi connectivity index (χ4n) is 2.22. The zero-order chi connectivity index (χ0) is 15.2. The number of halogens is 1. The average Bonchev–Trinajstić information content (AvgIpc) is 2.97. The van der Waals surface area contributed by atoms with Gasteiger partial charge in [-0.1, -0.05) is 23.7 Å². The smallest absolute Gasteiger partial charge is 0.282 e. The first-order valence-electron chi connectivity index (χ1n) is 7.03. The van der Waals surface area contributed by atoms with Crippen LogP contribution in [-0.2, 0) is 11.3 Å². The summed E-state index contributed by atoms with van der Waals surface area (Å²) in [7, 11) is 0. The summed E-state index contributed by atoms with van der Waals surface area (Å²) >= 11 is 7.67. The molecule has 1 unspecified atom stereocenters. The van der Waals surface area contributed by atoms with Gasteiger partial charge in [-0.3, -0.25) is 4.79 Å². The minimum atomic E-state index is -0.115. The molecule has 0 bridgehead atoms. The zero-order valence-electron chi connectivity index (χ0n) is 12.2. The number of likely N-dealkylation sites (N-methyl/N-ethyl adjacent to an activating group) is 1. The molecule has 0 saturated heterocycles. The van der Waals surface area contributed by atoms with Gasteiger partial charge in [0.15, 0.2) is 6.04 Å². The number of rotatable bonds is 6. The van der Waals surface area contributed by atoms with Gasteiger partial charge in [0.1, 0.15) is 6.54 Å². The van der Waals surface area contributed by atoms with Gasteiger partial charge in [-0.25, -0.2) is 0 Å². The zero-order valence-corrected chi connectivity index (χ0v) is 13.8. The Morgan fingerprint density at radius 3 is 2.81 bits per heavy atom. The Morgan fingerprint density at radius 1 is 1.38 bits per heavy atom. The van der Waals surface area contributed by atoms with E-state index in [4.69, 9.17) is 11.6 Å². The van der Waals surface area contributed by atoms with Gasteiger partial charge in [-0.2, -0.15) is 0 Å². The van der Waals surface area contributed by atoms with Crippen molar-refractivity contribution in [3.05, 3.63) is 51.7 Å². The number of thiophene rings is 1. The second-order valence-electron chi connectivity index (χ2n) is 4.99. The molecule has 112 valence electrons. The Labute approximate surface area is 134 Å². The standard InChI is InChI=1S/C16H19ClN2OS/c1-3-19(11-15-8-5-9-21-15)12(2)16(20)18-14-7-4-6-13(17)10-14/h4-10,12H,3,11H2,1-2H3,(H,18,20)/p+1/t12-/m1/s1. The molecule has 0 saturated carbocycles. The van der Waals surface area contributed by atoms with Crippen LogP contribution in [0.4, 0.5) is 5.69 Å². The van der Waals surface area contributed by atoms with E-state index in [1.54, 1.807) is 23.5 Å². The second-order valence-corrected chi connectivity index (χ2v) is 6.46. The van der Waals surface area contributed by atoms with Crippen molar-refractivity contribution in [3.63, 3.8) is 0 Å². The van der Waals surface area contributed by atoms with Gasteiger partial charge < -0.3 is 10.2 Å². The first-order valence-corrected chi connectivity index (χ1v) is 8.29. The van der Waals surface area contributed by atoms with E-state index in [9.17, 15) is 4.79 Å². The van der Waals surface area contributed by atoms with Crippen molar-refractivity contribution in [2.24, 2.45) is 0 Å². The highest BCUT2D eigenvalue weighted by atomic mass is 35.5. The van der Waals surface area contributed by atoms with Crippen molar-refractivity contribution in [1.29, 1.82) is 0 Å². The maximum absolute atomic E-state index is 12.4. The molecule has 2 aromatic rings. The molecule has 0 radical (unpaired) electrons. The number of quaternary nitrogens is 1. The third kappa shape index (κ3) is 4.56. The van der Waals surface area contributed by atoms with Gasteiger partial charge >= 0.3 is 0 Å². The molecule has 2 rings (SSSR count). The molecule has 0 aliphatic heterocycles. The summed E-state index contributed by atoms with van der Waals surface area (Å²) in [6.07, 6.45) is 0. The molecular weight excluding hydrogens is 304 g/mol. The number of nitrogens with one attached hydrogen (secondary N) is 2. The highest BCUT2D eigenvalue weighted by molar-refractivity contribution is 7.09. The molecule has 2 N–H and O–H groups in total. The highest BCUT2D eigenvalue weighted by Crippen LogP contribution is 2.14. The van der Waals surface area contributed by atoms with Crippen molar-refractivity contribution in [2.75, 3.05) is 11.9 Å². The Kier molecular flexibility index (Phi) is 5.79. The number of hydrogen-bond donors (Lipinski definition) is 2. The van der Waals surface area contributed by atoms with Crippen LogP contribution >= 0.6 is 22.9 Å². The van der Waals surface area contributed by atoms with E-state index in [1.165, 1.54) is 9.78 Å². The van der Waals surface area contributed by atoms with E-state index in [2.05, 4.69) is 23.7 Å². The lowest BCUT2D eigenvalue weighted by atomic mass is 10.2. The predicted octanol–water partition coefficient (Wildman–Crippen LogP) is 2.83. The minimum Gasteiger partial charge on any atom is -0.321 e. The van der Waals surface area contributed by atoms with Crippen molar-refractivity contribution in [3.8, 4) is 0 Å². The number of carbonyl (C=O) groups excluding carboxylic acids is 1. The van der Waals surface area contributed by atoms with Crippen LogP contribution in [0.15, 0.2) is 41.8 Å². The number of benzene rings is 1. The molecule has 0 fully saturated rings. The lowest BCUT2D eigenvalue weighted by Gasteiger charge is -2.23. The summed E-state index contributed by atoms with van der Waals surface area (Å²) in [4.78, 5) is 14.9. The molecule has 1 aromatic carbocycles. The summed E-state index contributed by atoms with van der Waals surface area (Å²) in [5.74, 6) is 0.0191. The SMILES string of the molecule is CC[NH+](Cc1cccs1)[C@H](C)C(=O)Nc1cccc(Cl)c1. The summed E-state index contributed by atoms with van der Waals surface area (Å²) in [5, 5.41) is 5.63. The minimum absolute atomic E-state index is 0.0191. The number of anilines is 1. The third-order valence-electron chi connectivity index (χ3n) is 3.53. The number of hydrogen-bond acceptors (Lipinski definition) is 2. The molecule has 1 amide bonds. The van der Waals surface area contributed by atoms with Crippen molar-refractivity contribution in [2.45, 2.75) is 26.4 Å². The van der Waals surface area contributed by atoms with E-state index in [-0.39, 0.29) is 11.9 Å². The molecular formula is C16H20ClN2OS+. The maximum atomic E-state index is 12.4. The van der Waals surface area contributed by atoms with Crippen LogP contribution in [0.5, 0.6) is 0 Å². The Bertz CT molecular complexity index is 586. The summed E-state index contributed by atoms with van der Waals surface area (Å²) < 4.78 is 0. The van der Waals surface area contributed by atoms with Gasteiger partial charge in [-0.05, 0) is 43.5 Å². The van der Waals surface area contributed by atoms with E-state index < -0.39 is 0 Å². The fourth-order valence-corrected chi connectivity index (χ4v) is 3.17. The highest BCUT2D eigenvalue weighted by Gasteiger charge is 2.24. The molecule has 0 aliphatic rings. The van der Waals surface area contributed by atoms with E-state index in [0.717, 1.165) is 18.8 Å². The molecule has 21 heavy (non-hydrogen) atoms. The van der Waals surface area contributed by atoms with E-state index >= 15 is 0 Å². The van der Waals surface area contributed by atoms with Gasteiger partial charge in [0.25, 0.3) is 5.91 Å². The van der Waals surface area contributed by atoms with Crippen LogP contribution in [0.2, 0.25) is 5.02 Å². The molecule has 0 aliphatic carbocycles. The van der Waals surface area contributed by atoms with Gasteiger partial charge in [-0.15, -0.1) is 11.3 Å². The third-order valence-corrected chi connectivity index (χ3v) is 4.64. The topological polar surface area (TPSA) is 33.5 Å². The molecule has 1 aromatic heterocycles. The quantitative estimate of drug-likeness (QED) is 0.842. The normalized spacial score (nSPS) is 13.7. The Balaban J connectivity index is 1.99. The molecule has 0 spiro atoms. The van der Waals surface area contributed by atoms with E-state index in [0.29, 0.717) is 5.02 Å². The van der Waals surface area contributed by atoms with Crippen LogP contribution in [0.25, 0.3) is 0 Å². The summed E-state index contributed by atoms with van der Waals surface area (Å²) in [5.41, 5.74) is 0.742. The fraction of sp³-hybridized carbons (Fsp3) is 0.312. The molecule has 5 heteroatoms. The molecule has 1 heterocycles. The van der Waals surface area contributed by atoms with E-state index in [1.807, 2.05) is 25.1 Å². The number of amides is 1. The Morgan fingerprint density at radius 2 is 2.19 bits per heavy atom. The summed E-state index contributed by atoms with van der Waals surface area (Å²) in [6.45, 7) is 5.85. The maximum Gasteiger partial charge on any atom is 0.282 e. The largest absolute Gasteiger partial charge is 0.321 e. The van der Waals surface area contributed by atoms with Gasteiger partial charge in [0.05, 0.1) is 11.4 Å². The summed E-state index contributed by atoms with van der Waals surface area (Å²) in [6, 6.07) is 11.3. The van der Waals surface area contributed by atoms with Gasteiger partial charge in [0.2, 0.25) is 0 Å². The lowest BCUT2D eigenvalue weighted by molar-refractivity contribution is -0.925. The average molecular weight is 324 g/mol.